The van der Waals surface area contributed by atoms with Crippen LogP contribution in [0.5, 0.6) is 0 Å². The Balaban J connectivity index is 1.54. The summed E-state index contributed by atoms with van der Waals surface area (Å²) in [5.41, 5.74) is 2.79. The molecule has 150 valence electrons. The van der Waals surface area contributed by atoms with Crippen LogP contribution in [0.4, 0.5) is 5.69 Å². The zero-order chi connectivity index (χ0) is 20.5. The van der Waals surface area contributed by atoms with Crippen LogP contribution in [-0.2, 0) is 6.54 Å². The van der Waals surface area contributed by atoms with Gasteiger partial charge in [0.25, 0.3) is 5.91 Å². The number of aromatic nitrogens is 2. The summed E-state index contributed by atoms with van der Waals surface area (Å²) in [6.45, 7) is 7.10. The van der Waals surface area contributed by atoms with Crippen LogP contribution >= 0.6 is 0 Å². The van der Waals surface area contributed by atoms with Gasteiger partial charge in [0.15, 0.2) is 0 Å². The fourth-order valence-electron chi connectivity index (χ4n) is 3.90. The van der Waals surface area contributed by atoms with Gasteiger partial charge in [-0.05, 0) is 49.7 Å². The maximum absolute atomic E-state index is 13.0. The van der Waals surface area contributed by atoms with Gasteiger partial charge in [0.2, 0.25) is 0 Å². The Morgan fingerprint density at radius 2 is 1.79 bits per heavy atom. The molecule has 2 aromatic carbocycles. The second kappa shape index (κ2) is 7.58. The first kappa shape index (κ1) is 19.0. The average Bonchev–Trinajstić information content (AvgIpc) is 2.74. The van der Waals surface area contributed by atoms with Gasteiger partial charge in [0.05, 0.1) is 11.0 Å². The van der Waals surface area contributed by atoms with Crippen molar-refractivity contribution in [3.8, 4) is 0 Å². The maximum Gasteiger partial charge on any atom is 0.316 e. The Morgan fingerprint density at radius 1 is 1.03 bits per heavy atom. The van der Waals surface area contributed by atoms with E-state index in [2.05, 4.69) is 35.0 Å². The number of carbonyl (C=O) groups excluding carboxylic acids is 1. The summed E-state index contributed by atoms with van der Waals surface area (Å²) in [5.74, 6) is -0.0640. The van der Waals surface area contributed by atoms with Crippen molar-refractivity contribution in [1.82, 2.24) is 14.5 Å². The number of nitrogens with one attached hydrogen (secondary N) is 1. The number of rotatable bonds is 3. The highest BCUT2D eigenvalue weighted by molar-refractivity contribution is 5.97. The lowest BCUT2D eigenvalue weighted by Gasteiger charge is -2.36. The monoisotopic (exact) mass is 392 g/mol. The van der Waals surface area contributed by atoms with Crippen molar-refractivity contribution >= 4 is 22.6 Å². The van der Waals surface area contributed by atoms with Crippen LogP contribution in [0, 0.1) is 6.92 Å². The van der Waals surface area contributed by atoms with Gasteiger partial charge >= 0.3 is 11.1 Å². The molecule has 7 nitrogen and oxygen atoms in total. The minimum Gasteiger partial charge on any atom is -0.368 e. The van der Waals surface area contributed by atoms with Crippen LogP contribution in [0.25, 0.3) is 11.0 Å². The minimum absolute atomic E-state index is 0.0640. The third kappa shape index (κ3) is 3.55. The Morgan fingerprint density at radius 3 is 2.48 bits per heavy atom. The summed E-state index contributed by atoms with van der Waals surface area (Å²) < 4.78 is 1.42. The van der Waals surface area contributed by atoms with E-state index >= 15 is 0 Å². The second-order valence-corrected chi connectivity index (χ2v) is 7.35. The van der Waals surface area contributed by atoms with Crippen molar-refractivity contribution in [2.75, 3.05) is 31.1 Å². The van der Waals surface area contributed by atoms with Gasteiger partial charge in [-0.25, -0.2) is 0 Å². The molecule has 2 heterocycles. The van der Waals surface area contributed by atoms with E-state index in [1.807, 2.05) is 17.9 Å². The van der Waals surface area contributed by atoms with Crippen LogP contribution in [0.2, 0.25) is 0 Å². The molecule has 0 radical (unpaired) electrons. The third-order valence-electron chi connectivity index (χ3n) is 5.47. The molecule has 1 fully saturated rings. The smallest absolute Gasteiger partial charge is 0.316 e. The summed E-state index contributed by atoms with van der Waals surface area (Å²) in [6, 6.07) is 13.5. The number of hydrogen-bond acceptors (Lipinski definition) is 4. The topological polar surface area (TPSA) is 78.4 Å². The van der Waals surface area contributed by atoms with Crippen LogP contribution in [0.15, 0.2) is 52.1 Å². The second-order valence-electron chi connectivity index (χ2n) is 7.35. The van der Waals surface area contributed by atoms with Gasteiger partial charge in [-0.1, -0.05) is 12.1 Å². The van der Waals surface area contributed by atoms with E-state index in [9.17, 15) is 14.4 Å². The lowest BCUT2D eigenvalue weighted by molar-refractivity contribution is 0.0747. The maximum atomic E-state index is 13.0. The van der Waals surface area contributed by atoms with Crippen molar-refractivity contribution in [2.45, 2.75) is 20.4 Å². The molecular formula is C22H24N4O3. The lowest BCUT2D eigenvalue weighted by atomic mass is 10.1. The van der Waals surface area contributed by atoms with Gasteiger partial charge < -0.3 is 19.4 Å². The van der Waals surface area contributed by atoms with Gasteiger partial charge in [-0.2, -0.15) is 0 Å². The number of fused-ring (bicyclic) bond motifs is 1. The number of amides is 1. The number of aromatic amines is 1. The van der Waals surface area contributed by atoms with Crippen molar-refractivity contribution < 1.29 is 4.79 Å². The minimum atomic E-state index is -0.671. The van der Waals surface area contributed by atoms with Crippen molar-refractivity contribution in [3.63, 3.8) is 0 Å². The average molecular weight is 392 g/mol. The number of anilines is 1. The molecule has 0 atom stereocenters. The number of hydrogen-bond donors (Lipinski definition) is 1. The highest BCUT2D eigenvalue weighted by atomic mass is 16.2. The molecule has 1 aliphatic heterocycles. The first-order valence-corrected chi connectivity index (χ1v) is 9.85. The predicted molar refractivity (Wildman–Crippen MR) is 114 cm³/mol. The quantitative estimate of drug-likeness (QED) is 0.692. The SMILES string of the molecule is CCn1c(=O)c(=O)[nH]c2cc(C(=O)N3CCN(c4cccc(C)c4)CC3)ccc21. The van der Waals surface area contributed by atoms with E-state index < -0.39 is 11.1 Å². The molecule has 1 amide bonds. The predicted octanol–water partition coefficient (Wildman–Crippen LogP) is 1.98. The molecule has 0 saturated carbocycles. The summed E-state index contributed by atoms with van der Waals surface area (Å²) in [6.07, 6.45) is 0. The summed E-state index contributed by atoms with van der Waals surface area (Å²) >= 11 is 0. The van der Waals surface area contributed by atoms with Crippen molar-refractivity contribution in [2.24, 2.45) is 0 Å². The fourth-order valence-corrected chi connectivity index (χ4v) is 3.90. The number of nitrogens with zero attached hydrogens (tertiary/aromatic N) is 3. The number of H-pyrrole nitrogens is 1. The Bertz CT molecular complexity index is 1190. The molecule has 0 bridgehead atoms. The molecular weight excluding hydrogens is 368 g/mol. The van der Waals surface area contributed by atoms with Crippen LogP contribution in [0.3, 0.4) is 0 Å². The normalized spacial score (nSPS) is 14.4. The van der Waals surface area contributed by atoms with E-state index in [4.69, 9.17) is 0 Å². The Hall–Kier alpha value is -3.35. The van der Waals surface area contributed by atoms with Gasteiger partial charge in [-0.15, -0.1) is 0 Å². The van der Waals surface area contributed by atoms with Crippen LogP contribution < -0.4 is 16.0 Å². The Kier molecular flexibility index (Phi) is 4.96. The number of piperazine rings is 1. The largest absolute Gasteiger partial charge is 0.368 e. The zero-order valence-corrected chi connectivity index (χ0v) is 16.6. The molecule has 0 unspecified atom stereocenters. The third-order valence-corrected chi connectivity index (χ3v) is 5.47. The number of benzene rings is 2. The summed E-state index contributed by atoms with van der Waals surface area (Å²) in [7, 11) is 0. The molecule has 1 aliphatic rings. The molecule has 0 aliphatic carbocycles. The first-order valence-electron chi connectivity index (χ1n) is 9.85. The molecule has 4 rings (SSSR count). The molecule has 7 heteroatoms. The first-order chi connectivity index (χ1) is 14.0. The van der Waals surface area contributed by atoms with Gasteiger partial charge in [0.1, 0.15) is 0 Å². The fraction of sp³-hybridized carbons (Fsp3) is 0.318. The van der Waals surface area contributed by atoms with Gasteiger partial charge in [-0.3, -0.25) is 14.4 Å². The number of carbonyl (C=O) groups is 1. The highest BCUT2D eigenvalue weighted by Gasteiger charge is 2.23. The van der Waals surface area contributed by atoms with Crippen LogP contribution in [-0.4, -0.2) is 46.5 Å². The molecule has 1 saturated heterocycles. The molecule has 0 spiro atoms. The standard InChI is InChI=1S/C22H24N4O3/c1-3-26-19-8-7-16(14-18(19)23-20(27)22(26)29)21(28)25-11-9-24(10-12-25)17-6-4-5-15(2)13-17/h4-8,13-14H,3,9-12H2,1-2H3,(H,23,27). The van der Waals surface area contributed by atoms with Crippen molar-refractivity contribution in [3.05, 3.63) is 74.3 Å². The lowest BCUT2D eigenvalue weighted by Crippen LogP contribution is -2.48. The van der Waals surface area contributed by atoms with Crippen molar-refractivity contribution in [1.29, 1.82) is 0 Å². The van der Waals surface area contributed by atoms with E-state index in [-0.39, 0.29) is 5.91 Å². The Labute approximate surface area is 168 Å². The van der Waals surface area contributed by atoms with Crippen LogP contribution in [0.1, 0.15) is 22.8 Å². The van der Waals surface area contributed by atoms with E-state index in [1.165, 1.54) is 15.8 Å². The molecule has 29 heavy (non-hydrogen) atoms. The molecule has 1 aromatic heterocycles. The summed E-state index contributed by atoms with van der Waals surface area (Å²) in [4.78, 5) is 43.6. The highest BCUT2D eigenvalue weighted by Crippen LogP contribution is 2.19. The van der Waals surface area contributed by atoms with E-state index in [0.717, 1.165) is 13.1 Å². The van der Waals surface area contributed by atoms with E-state index in [1.54, 1.807) is 18.2 Å². The van der Waals surface area contributed by atoms with Gasteiger partial charge in [0, 0.05) is 44.0 Å². The zero-order valence-electron chi connectivity index (χ0n) is 16.6. The summed E-state index contributed by atoms with van der Waals surface area (Å²) in [5, 5.41) is 0. The molecule has 3 aromatic rings. The number of aryl methyl sites for hydroxylation is 2. The van der Waals surface area contributed by atoms with E-state index in [0.29, 0.717) is 36.2 Å². The molecule has 1 N–H and O–H groups in total.